The quantitative estimate of drug-likeness (QED) is 0.670. The molecular weight excluding hydrogens is 341 g/mol. The van der Waals surface area contributed by atoms with Crippen molar-refractivity contribution in [2.75, 3.05) is 7.11 Å². The van der Waals surface area contributed by atoms with Crippen molar-refractivity contribution < 1.29 is 13.9 Å². The third kappa shape index (κ3) is 3.64. The second-order valence-corrected chi connectivity index (χ2v) is 5.63. The number of hydrogen-bond acceptors (Lipinski definition) is 4. The summed E-state index contributed by atoms with van der Waals surface area (Å²) in [4.78, 5) is 38.3. The fourth-order valence-electron chi connectivity index (χ4n) is 2.55. The molecule has 0 saturated carbocycles. The zero-order valence-electron chi connectivity index (χ0n) is 13.9. The Balaban J connectivity index is 1.79. The lowest BCUT2D eigenvalue weighted by Crippen LogP contribution is -2.40. The van der Waals surface area contributed by atoms with Gasteiger partial charge in [0.1, 0.15) is 18.1 Å². The average molecular weight is 357 g/mol. The molecule has 2 aromatic carbocycles. The summed E-state index contributed by atoms with van der Waals surface area (Å²) < 4.78 is 19.4. The van der Waals surface area contributed by atoms with Crippen molar-refractivity contribution in [3.63, 3.8) is 0 Å². The molecule has 7 nitrogen and oxygen atoms in total. The Morgan fingerprint density at radius 2 is 1.92 bits per heavy atom. The molecule has 1 amide bonds. The van der Waals surface area contributed by atoms with Gasteiger partial charge in [0.25, 0.3) is 0 Å². The summed E-state index contributed by atoms with van der Waals surface area (Å²) in [6.07, 6.45) is 0. The van der Waals surface area contributed by atoms with Crippen LogP contribution in [-0.2, 0) is 17.9 Å². The van der Waals surface area contributed by atoms with Crippen molar-refractivity contribution in [2.24, 2.45) is 0 Å². The number of methoxy groups -OCH3 is 1. The first-order valence-corrected chi connectivity index (χ1v) is 7.80. The Hall–Kier alpha value is -3.42. The number of rotatable bonds is 5. The molecule has 0 aliphatic heterocycles. The lowest BCUT2D eigenvalue weighted by molar-refractivity contribution is -0.121. The third-order valence-corrected chi connectivity index (χ3v) is 3.89. The smallest absolute Gasteiger partial charge is 0.317 e. The number of aromatic amines is 1. The molecule has 0 fully saturated rings. The summed E-state index contributed by atoms with van der Waals surface area (Å²) in [6, 6.07) is 10.7. The number of hydrogen-bond donors (Lipinski definition) is 2. The Morgan fingerprint density at radius 3 is 2.62 bits per heavy atom. The van der Waals surface area contributed by atoms with Crippen molar-refractivity contribution in [3.8, 4) is 5.75 Å². The lowest BCUT2D eigenvalue weighted by atomic mass is 10.2. The van der Waals surface area contributed by atoms with Crippen LogP contribution >= 0.6 is 0 Å². The summed E-state index contributed by atoms with van der Waals surface area (Å²) in [5.41, 5.74) is -0.507. The molecule has 0 aliphatic carbocycles. The van der Waals surface area contributed by atoms with Crippen LogP contribution in [0.4, 0.5) is 4.39 Å². The number of halogens is 1. The second kappa shape index (κ2) is 7.22. The maximum absolute atomic E-state index is 13.3. The molecule has 134 valence electrons. The predicted octanol–water partition coefficient (Wildman–Crippen LogP) is 1.15. The fraction of sp³-hybridized carbons (Fsp3) is 0.167. The van der Waals surface area contributed by atoms with Gasteiger partial charge < -0.3 is 15.0 Å². The molecule has 26 heavy (non-hydrogen) atoms. The average Bonchev–Trinajstić information content (AvgIpc) is 2.64. The van der Waals surface area contributed by atoms with Crippen LogP contribution in [-0.4, -0.2) is 22.6 Å². The highest BCUT2D eigenvalue weighted by Gasteiger charge is 2.12. The number of nitrogens with zero attached hydrogens (tertiary/aromatic N) is 1. The van der Waals surface area contributed by atoms with Gasteiger partial charge in [-0.25, -0.2) is 4.39 Å². The van der Waals surface area contributed by atoms with E-state index < -0.39 is 22.8 Å². The number of aromatic nitrogens is 2. The molecule has 1 heterocycles. The zero-order chi connectivity index (χ0) is 18.7. The van der Waals surface area contributed by atoms with Crippen LogP contribution in [0.5, 0.6) is 5.75 Å². The van der Waals surface area contributed by atoms with Gasteiger partial charge in [0.05, 0.1) is 18.1 Å². The maximum atomic E-state index is 13.3. The van der Waals surface area contributed by atoms with Gasteiger partial charge in [-0.2, -0.15) is 0 Å². The summed E-state index contributed by atoms with van der Waals surface area (Å²) in [5.74, 6) is -0.296. The van der Waals surface area contributed by atoms with Crippen LogP contribution in [0.15, 0.2) is 52.1 Å². The summed E-state index contributed by atoms with van der Waals surface area (Å²) >= 11 is 0. The molecule has 0 unspecified atom stereocenters. The van der Waals surface area contributed by atoms with Crippen molar-refractivity contribution in [2.45, 2.75) is 13.1 Å². The molecule has 0 saturated heterocycles. The number of carbonyl (C=O) groups excluding carboxylic acids is 1. The lowest BCUT2D eigenvalue weighted by Gasteiger charge is -2.10. The Bertz CT molecular complexity index is 1070. The van der Waals surface area contributed by atoms with Gasteiger partial charge in [-0.05, 0) is 35.9 Å². The van der Waals surface area contributed by atoms with E-state index in [-0.39, 0.29) is 24.1 Å². The summed E-state index contributed by atoms with van der Waals surface area (Å²) in [6.45, 7) is -0.0889. The molecule has 2 N–H and O–H groups in total. The van der Waals surface area contributed by atoms with Crippen molar-refractivity contribution in [1.29, 1.82) is 0 Å². The van der Waals surface area contributed by atoms with E-state index in [9.17, 15) is 18.8 Å². The Morgan fingerprint density at radius 1 is 1.19 bits per heavy atom. The van der Waals surface area contributed by atoms with Gasteiger partial charge in [0, 0.05) is 6.54 Å². The topological polar surface area (TPSA) is 93.2 Å². The molecule has 0 radical (unpaired) electrons. The third-order valence-electron chi connectivity index (χ3n) is 3.89. The van der Waals surface area contributed by atoms with E-state index in [1.807, 2.05) is 0 Å². The fourth-order valence-corrected chi connectivity index (χ4v) is 2.55. The standard InChI is InChI=1S/C18H16FN3O4/c1-26-13-5-2-11(3-6-13)9-20-16(23)10-22-15-7-4-12(19)8-14(15)21-17(24)18(22)25/h2-8H,9-10H2,1H3,(H,20,23)(H,21,24). The molecule has 0 atom stereocenters. The van der Waals surface area contributed by atoms with Gasteiger partial charge in [0.2, 0.25) is 5.91 Å². The van der Waals surface area contributed by atoms with E-state index in [2.05, 4.69) is 10.3 Å². The highest BCUT2D eigenvalue weighted by Crippen LogP contribution is 2.12. The largest absolute Gasteiger partial charge is 0.497 e. The van der Waals surface area contributed by atoms with Crippen LogP contribution in [0, 0.1) is 5.82 Å². The first-order chi connectivity index (χ1) is 12.5. The van der Waals surface area contributed by atoms with Crippen LogP contribution in [0.3, 0.4) is 0 Å². The Labute approximate surface area is 147 Å². The van der Waals surface area contributed by atoms with Crippen molar-refractivity contribution in [3.05, 3.63) is 74.6 Å². The molecule has 3 rings (SSSR count). The second-order valence-electron chi connectivity index (χ2n) is 5.63. The number of carbonyl (C=O) groups is 1. The normalized spacial score (nSPS) is 10.7. The number of nitrogens with one attached hydrogen (secondary N) is 2. The van der Waals surface area contributed by atoms with E-state index in [0.717, 1.165) is 22.3 Å². The van der Waals surface area contributed by atoms with Gasteiger partial charge >= 0.3 is 11.1 Å². The number of ether oxygens (including phenoxy) is 1. The van der Waals surface area contributed by atoms with Crippen LogP contribution < -0.4 is 21.2 Å². The first kappa shape index (κ1) is 17.4. The zero-order valence-corrected chi connectivity index (χ0v) is 13.9. The van der Waals surface area contributed by atoms with E-state index in [0.29, 0.717) is 5.75 Å². The number of benzene rings is 2. The molecule has 0 bridgehead atoms. The van der Waals surface area contributed by atoms with E-state index in [1.165, 1.54) is 6.07 Å². The minimum atomic E-state index is -0.911. The van der Waals surface area contributed by atoms with Gasteiger partial charge in [-0.1, -0.05) is 12.1 Å². The molecule has 1 aromatic heterocycles. The minimum absolute atomic E-state index is 0.151. The molecule has 3 aromatic rings. The predicted molar refractivity (Wildman–Crippen MR) is 93.6 cm³/mol. The number of H-pyrrole nitrogens is 1. The highest BCUT2D eigenvalue weighted by atomic mass is 19.1. The SMILES string of the molecule is COc1ccc(CNC(=O)Cn2c(=O)c(=O)[nH]c3cc(F)ccc32)cc1. The molecule has 0 aliphatic rings. The van der Waals surface area contributed by atoms with Crippen LogP contribution in [0.25, 0.3) is 11.0 Å². The van der Waals surface area contributed by atoms with Crippen LogP contribution in [0.2, 0.25) is 0 Å². The van der Waals surface area contributed by atoms with E-state index >= 15 is 0 Å². The maximum Gasteiger partial charge on any atom is 0.317 e. The van der Waals surface area contributed by atoms with E-state index in [1.54, 1.807) is 31.4 Å². The highest BCUT2D eigenvalue weighted by molar-refractivity contribution is 5.80. The van der Waals surface area contributed by atoms with Gasteiger partial charge in [-0.15, -0.1) is 0 Å². The first-order valence-electron chi connectivity index (χ1n) is 7.80. The monoisotopic (exact) mass is 357 g/mol. The summed E-state index contributed by atoms with van der Waals surface area (Å²) in [5, 5.41) is 2.68. The van der Waals surface area contributed by atoms with Crippen LogP contribution in [0.1, 0.15) is 5.56 Å². The number of amides is 1. The molecule has 8 heteroatoms. The minimum Gasteiger partial charge on any atom is -0.497 e. The van der Waals surface area contributed by atoms with E-state index in [4.69, 9.17) is 4.74 Å². The van der Waals surface area contributed by atoms with Gasteiger partial charge in [0.15, 0.2) is 0 Å². The van der Waals surface area contributed by atoms with Crippen molar-refractivity contribution in [1.82, 2.24) is 14.9 Å². The molecule has 0 spiro atoms. The summed E-state index contributed by atoms with van der Waals surface area (Å²) in [7, 11) is 1.56. The van der Waals surface area contributed by atoms with Gasteiger partial charge in [-0.3, -0.25) is 19.0 Å². The molecular formula is C18H16FN3O4. The van der Waals surface area contributed by atoms with Crippen molar-refractivity contribution >= 4 is 16.9 Å². The Kier molecular flexibility index (Phi) is 4.83. The number of fused-ring (bicyclic) bond motifs is 1.